The number of azide groups is 1. The average Bonchev–Trinajstić information content (AvgIpc) is 2.44. The molecule has 0 bridgehead atoms. The summed E-state index contributed by atoms with van der Waals surface area (Å²) in [6.45, 7) is 2.86. The number of ether oxygens (including phenoxy) is 2. The highest BCUT2D eigenvalue weighted by molar-refractivity contribution is 5.82. The van der Waals surface area contributed by atoms with Gasteiger partial charge in [-0.1, -0.05) is 18.0 Å². The third-order valence-corrected chi connectivity index (χ3v) is 3.48. The standard InChI is InChI=1S/C12H22N4O3/c1-3-19-11(17)12(14-8-9-15-16-13)7-5-4-6-10(12)18-2/h10,14H,3-9H2,1-2H3. The second-order valence-electron chi connectivity index (χ2n) is 4.54. The fourth-order valence-electron chi connectivity index (χ4n) is 2.60. The van der Waals surface area contributed by atoms with Gasteiger partial charge in [-0.05, 0) is 25.3 Å². The largest absolute Gasteiger partial charge is 0.465 e. The van der Waals surface area contributed by atoms with E-state index in [1.165, 1.54) is 0 Å². The van der Waals surface area contributed by atoms with Crippen LogP contribution in [0.3, 0.4) is 0 Å². The molecule has 7 heteroatoms. The van der Waals surface area contributed by atoms with Crippen LogP contribution in [-0.2, 0) is 14.3 Å². The average molecular weight is 270 g/mol. The highest BCUT2D eigenvalue weighted by Gasteiger charge is 2.48. The lowest BCUT2D eigenvalue weighted by Gasteiger charge is -2.41. The Labute approximate surface area is 113 Å². The minimum Gasteiger partial charge on any atom is -0.465 e. The summed E-state index contributed by atoms with van der Waals surface area (Å²) in [4.78, 5) is 15.0. The molecule has 1 N–H and O–H groups in total. The van der Waals surface area contributed by atoms with Crippen molar-refractivity contribution in [3.63, 3.8) is 0 Å². The molecule has 1 aliphatic carbocycles. The molecule has 0 aromatic heterocycles. The third-order valence-electron chi connectivity index (χ3n) is 3.48. The van der Waals surface area contributed by atoms with Gasteiger partial charge < -0.3 is 9.47 Å². The fourth-order valence-corrected chi connectivity index (χ4v) is 2.60. The molecule has 0 aromatic carbocycles. The number of methoxy groups -OCH3 is 1. The number of esters is 1. The van der Waals surface area contributed by atoms with Gasteiger partial charge in [0.25, 0.3) is 0 Å². The maximum atomic E-state index is 12.3. The maximum absolute atomic E-state index is 12.3. The number of carbonyl (C=O) groups is 1. The molecule has 1 rings (SSSR count). The Morgan fingerprint density at radius 2 is 2.37 bits per heavy atom. The van der Waals surface area contributed by atoms with Gasteiger partial charge in [0.15, 0.2) is 0 Å². The lowest BCUT2D eigenvalue weighted by atomic mass is 9.79. The quantitative estimate of drug-likeness (QED) is 0.251. The van der Waals surface area contributed by atoms with Crippen molar-refractivity contribution in [3.05, 3.63) is 10.4 Å². The maximum Gasteiger partial charge on any atom is 0.329 e. The Bertz CT molecular complexity index is 344. The van der Waals surface area contributed by atoms with E-state index in [4.69, 9.17) is 15.0 Å². The molecule has 1 saturated carbocycles. The van der Waals surface area contributed by atoms with Gasteiger partial charge in [0.1, 0.15) is 5.54 Å². The van der Waals surface area contributed by atoms with Crippen molar-refractivity contribution >= 4 is 5.97 Å². The Balaban J connectivity index is 2.80. The van der Waals surface area contributed by atoms with Crippen molar-refractivity contribution in [2.24, 2.45) is 5.11 Å². The monoisotopic (exact) mass is 270 g/mol. The van der Waals surface area contributed by atoms with E-state index in [-0.39, 0.29) is 12.1 Å². The lowest BCUT2D eigenvalue weighted by molar-refractivity contribution is -0.160. The van der Waals surface area contributed by atoms with Gasteiger partial charge in [-0.3, -0.25) is 5.32 Å². The zero-order valence-corrected chi connectivity index (χ0v) is 11.6. The Morgan fingerprint density at radius 1 is 1.58 bits per heavy atom. The first-order chi connectivity index (χ1) is 9.21. The topological polar surface area (TPSA) is 96.3 Å². The lowest BCUT2D eigenvalue weighted by Crippen LogP contribution is -2.63. The van der Waals surface area contributed by atoms with Gasteiger partial charge in [0.2, 0.25) is 0 Å². The third kappa shape index (κ3) is 3.83. The van der Waals surface area contributed by atoms with Crippen LogP contribution in [0.1, 0.15) is 32.6 Å². The number of nitrogens with one attached hydrogen (secondary N) is 1. The first-order valence-electron chi connectivity index (χ1n) is 6.67. The minimum absolute atomic E-state index is 0.202. The predicted octanol–water partition coefficient (Wildman–Crippen LogP) is 1.78. The Kier molecular flexibility index (Phi) is 6.62. The number of hydrogen-bond acceptors (Lipinski definition) is 5. The van der Waals surface area contributed by atoms with Crippen molar-refractivity contribution in [2.45, 2.75) is 44.2 Å². The Hall–Kier alpha value is -1.30. The van der Waals surface area contributed by atoms with Gasteiger partial charge in [-0.2, -0.15) is 0 Å². The van der Waals surface area contributed by atoms with Crippen LogP contribution in [0.25, 0.3) is 10.4 Å². The number of nitrogens with zero attached hydrogens (tertiary/aromatic N) is 3. The molecule has 1 aliphatic rings. The minimum atomic E-state index is -0.812. The van der Waals surface area contributed by atoms with Crippen LogP contribution >= 0.6 is 0 Å². The molecule has 2 unspecified atom stereocenters. The van der Waals surface area contributed by atoms with E-state index >= 15 is 0 Å². The summed E-state index contributed by atoms with van der Waals surface area (Å²) >= 11 is 0. The second kappa shape index (κ2) is 7.99. The zero-order valence-electron chi connectivity index (χ0n) is 11.6. The molecular weight excluding hydrogens is 248 g/mol. The van der Waals surface area contributed by atoms with E-state index in [1.54, 1.807) is 14.0 Å². The van der Waals surface area contributed by atoms with Crippen molar-refractivity contribution in [1.82, 2.24) is 5.32 Å². The van der Waals surface area contributed by atoms with Crippen LogP contribution in [0.4, 0.5) is 0 Å². The Morgan fingerprint density at radius 3 is 3.00 bits per heavy atom. The van der Waals surface area contributed by atoms with E-state index in [9.17, 15) is 4.79 Å². The molecule has 0 amide bonds. The molecule has 2 atom stereocenters. The molecule has 0 aromatic rings. The molecule has 108 valence electrons. The molecule has 0 heterocycles. The van der Waals surface area contributed by atoms with E-state index in [1.807, 2.05) is 0 Å². The first-order valence-corrected chi connectivity index (χ1v) is 6.67. The number of carbonyl (C=O) groups excluding carboxylic acids is 1. The summed E-state index contributed by atoms with van der Waals surface area (Å²) in [5, 5.41) is 6.66. The van der Waals surface area contributed by atoms with Crippen LogP contribution in [0.2, 0.25) is 0 Å². The van der Waals surface area contributed by atoms with Gasteiger partial charge in [-0.15, -0.1) is 0 Å². The van der Waals surface area contributed by atoms with Crippen molar-refractivity contribution < 1.29 is 14.3 Å². The van der Waals surface area contributed by atoms with E-state index in [2.05, 4.69) is 15.3 Å². The van der Waals surface area contributed by atoms with E-state index < -0.39 is 5.54 Å². The summed E-state index contributed by atoms with van der Waals surface area (Å²) in [5.41, 5.74) is 7.46. The molecule has 0 radical (unpaired) electrons. The van der Waals surface area contributed by atoms with Crippen molar-refractivity contribution in [1.29, 1.82) is 0 Å². The number of hydrogen-bond donors (Lipinski definition) is 1. The normalized spacial score (nSPS) is 26.5. The summed E-state index contributed by atoms with van der Waals surface area (Å²) in [5.74, 6) is -0.275. The zero-order chi connectivity index (χ0) is 14.1. The molecule has 1 fully saturated rings. The summed E-state index contributed by atoms with van der Waals surface area (Å²) in [7, 11) is 1.61. The van der Waals surface area contributed by atoms with E-state index in [0.29, 0.717) is 26.1 Å². The van der Waals surface area contributed by atoms with Crippen LogP contribution in [0.5, 0.6) is 0 Å². The highest BCUT2D eigenvalue weighted by atomic mass is 16.5. The predicted molar refractivity (Wildman–Crippen MR) is 70.6 cm³/mol. The molecule has 0 aliphatic heterocycles. The summed E-state index contributed by atoms with van der Waals surface area (Å²) in [6.07, 6.45) is 3.29. The van der Waals surface area contributed by atoms with Crippen LogP contribution in [0.15, 0.2) is 5.11 Å². The summed E-state index contributed by atoms with van der Waals surface area (Å²) in [6, 6.07) is 0. The van der Waals surface area contributed by atoms with Gasteiger partial charge >= 0.3 is 5.97 Å². The van der Waals surface area contributed by atoms with Crippen molar-refractivity contribution in [2.75, 3.05) is 26.8 Å². The van der Waals surface area contributed by atoms with Crippen LogP contribution in [-0.4, -0.2) is 44.4 Å². The fraction of sp³-hybridized carbons (Fsp3) is 0.917. The molecular formula is C12H22N4O3. The molecule has 19 heavy (non-hydrogen) atoms. The van der Waals surface area contributed by atoms with Crippen LogP contribution < -0.4 is 5.32 Å². The molecule has 7 nitrogen and oxygen atoms in total. The SMILES string of the molecule is CCOC(=O)C1(NCCN=[N+]=[N-])CCCCC1OC. The highest BCUT2D eigenvalue weighted by Crippen LogP contribution is 2.31. The number of rotatable bonds is 7. The van der Waals surface area contributed by atoms with Gasteiger partial charge in [0.05, 0.1) is 12.7 Å². The van der Waals surface area contributed by atoms with Gasteiger partial charge in [0, 0.05) is 25.1 Å². The summed E-state index contributed by atoms with van der Waals surface area (Å²) < 4.78 is 10.7. The second-order valence-corrected chi connectivity index (χ2v) is 4.54. The van der Waals surface area contributed by atoms with Crippen LogP contribution in [0, 0.1) is 0 Å². The van der Waals surface area contributed by atoms with Gasteiger partial charge in [-0.25, -0.2) is 4.79 Å². The first kappa shape index (κ1) is 15.8. The smallest absolute Gasteiger partial charge is 0.329 e. The van der Waals surface area contributed by atoms with Crippen molar-refractivity contribution in [3.8, 4) is 0 Å². The van der Waals surface area contributed by atoms with E-state index in [0.717, 1.165) is 19.3 Å². The molecule has 0 spiro atoms. The molecule has 0 saturated heterocycles.